The fourth-order valence-corrected chi connectivity index (χ4v) is 2.21. The average molecular weight is 330 g/mol. The molecule has 1 rings (SSSR count). The summed E-state index contributed by atoms with van der Waals surface area (Å²) in [5.41, 5.74) is 7.36. The summed E-state index contributed by atoms with van der Waals surface area (Å²) in [7, 11) is 1.67. The number of anilines is 1. The zero-order chi connectivity index (χ0) is 14.4. The lowest BCUT2D eigenvalue weighted by atomic mass is 10.1. The molecule has 3 N–H and O–H groups in total. The highest BCUT2D eigenvalue weighted by atomic mass is 79.9. The van der Waals surface area contributed by atoms with Crippen molar-refractivity contribution in [3.8, 4) is 0 Å². The van der Waals surface area contributed by atoms with Crippen molar-refractivity contribution in [2.75, 3.05) is 25.2 Å². The van der Waals surface area contributed by atoms with E-state index in [9.17, 15) is 0 Å². The van der Waals surface area contributed by atoms with Gasteiger partial charge in [0.25, 0.3) is 0 Å². The molecule has 0 spiro atoms. The van der Waals surface area contributed by atoms with Gasteiger partial charge < -0.3 is 20.6 Å². The van der Waals surface area contributed by atoms with E-state index in [1.807, 2.05) is 18.2 Å². The molecule has 5 nitrogen and oxygen atoms in total. The summed E-state index contributed by atoms with van der Waals surface area (Å²) in [6.07, 6.45) is 0. The van der Waals surface area contributed by atoms with Crippen molar-refractivity contribution < 1.29 is 9.94 Å². The highest BCUT2D eigenvalue weighted by molar-refractivity contribution is 9.10. The van der Waals surface area contributed by atoms with Crippen molar-refractivity contribution in [3.63, 3.8) is 0 Å². The molecule has 0 saturated heterocycles. The van der Waals surface area contributed by atoms with Crippen molar-refractivity contribution in [3.05, 3.63) is 28.2 Å². The van der Waals surface area contributed by atoms with Gasteiger partial charge >= 0.3 is 0 Å². The van der Waals surface area contributed by atoms with E-state index >= 15 is 0 Å². The molecule has 0 heterocycles. The van der Waals surface area contributed by atoms with Gasteiger partial charge in [-0.3, -0.25) is 0 Å². The Morgan fingerprint density at radius 3 is 2.74 bits per heavy atom. The van der Waals surface area contributed by atoms with Gasteiger partial charge in [0.2, 0.25) is 0 Å². The SMILES string of the molecule is COCCN(c1cc(Br)ccc1/C(N)=N/O)C(C)C. The number of oxime groups is 1. The van der Waals surface area contributed by atoms with Crippen LogP contribution in [0.2, 0.25) is 0 Å². The third-order valence-corrected chi connectivity index (χ3v) is 3.31. The first-order chi connectivity index (χ1) is 9.01. The minimum Gasteiger partial charge on any atom is -0.409 e. The summed E-state index contributed by atoms with van der Waals surface area (Å²) in [6.45, 7) is 5.52. The molecule has 6 heteroatoms. The molecule has 0 atom stereocenters. The van der Waals surface area contributed by atoms with E-state index in [1.165, 1.54) is 0 Å². The van der Waals surface area contributed by atoms with E-state index in [4.69, 9.17) is 15.7 Å². The molecule has 0 aromatic heterocycles. The van der Waals surface area contributed by atoms with Crippen LogP contribution in [0.15, 0.2) is 27.8 Å². The van der Waals surface area contributed by atoms with Crippen LogP contribution in [-0.2, 0) is 4.74 Å². The Bertz CT molecular complexity index is 450. The molecular formula is C13H20BrN3O2. The Kier molecular flexibility index (Phi) is 6.11. The molecule has 0 aliphatic rings. The summed E-state index contributed by atoms with van der Waals surface area (Å²) < 4.78 is 6.08. The molecule has 0 amide bonds. The fourth-order valence-electron chi connectivity index (χ4n) is 1.86. The maximum absolute atomic E-state index is 8.89. The number of rotatable bonds is 6. The van der Waals surface area contributed by atoms with Crippen molar-refractivity contribution in [1.29, 1.82) is 0 Å². The van der Waals surface area contributed by atoms with Crippen molar-refractivity contribution in [2.24, 2.45) is 10.9 Å². The van der Waals surface area contributed by atoms with Crippen LogP contribution < -0.4 is 10.6 Å². The average Bonchev–Trinajstić information content (AvgIpc) is 2.38. The van der Waals surface area contributed by atoms with E-state index in [-0.39, 0.29) is 11.9 Å². The Hall–Kier alpha value is -1.27. The lowest BCUT2D eigenvalue weighted by molar-refractivity contribution is 0.204. The molecule has 0 fully saturated rings. The first-order valence-corrected chi connectivity index (χ1v) is 6.83. The van der Waals surface area contributed by atoms with Crippen molar-refractivity contribution >= 4 is 27.5 Å². The number of hydrogen-bond acceptors (Lipinski definition) is 4. The van der Waals surface area contributed by atoms with Gasteiger partial charge in [0.1, 0.15) is 0 Å². The van der Waals surface area contributed by atoms with Crippen LogP contribution in [0.3, 0.4) is 0 Å². The molecular weight excluding hydrogens is 310 g/mol. The number of benzene rings is 1. The Morgan fingerprint density at radius 2 is 2.21 bits per heavy atom. The smallest absolute Gasteiger partial charge is 0.172 e. The van der Waals surface area contributed by atoms with Crippen LogP contribution in [-0.4, -0.2) is 37.3 Å². The molecule has 0 aliphatic carbocycles. The topological polar surface area (TPSA) is 71.1 Å². The lowest BCUT2D eigenvalue weighted by Gasteiger charge is -2.30. The second kappa shape index (κ2) is 7.35. The van der Waals surface area contributed by atoms with E-state index in [1.54, 1.807) is 7.11 Å². The molecule has 0 aliphatic heterocycles. The predicted molar refractivity (Wildman–Crippen MR) is 81.0 cm³/mol. The van der Waals surface area contributed by atoms with Crippen LogP contribution in [0.25, 0.3) is 0 Å². The van der Waals surface area contributed by atoms with Gasteiger partial charge in [-0.2, -0.15) is 0 Å². The monoisotopic (exact) mass is 329 g/mol. The Morgan fingerprint density at radius 1 is 1.53 bits per heavy atom. The van der Waals surface area contributed by atoms with Crippen LogP contribution in [0.1, 0.15) is 19.4 Å². The molecule has 1 aromatic carbocycles. The Labute approximate surface area is 122 Å². The normalized spacial score (nSPS) is 11.9. The van der Waals surface area contributed by atoms with E-state index in [0.717, 1.165) is 16.7 Å². The highest BCUT2D eigenvalue weighted by Gasteiger charge is 2.17. The van der Waals surface area contributed by atoms with Gasteiger partial charge in [-0.1, -0.05) is 21.1 Å². The molecule has 19 heavy (non-hydrogen) atoms. The molecule has 0 bridgehead atoms. The van der Waals surface area contributed by atoms with Crippen LogP contribution >= 0.6 is 15.9 Å². The number of ether oxygens (including phenoxy) is 1. The molecule has 106 valence electrons. The van der Waals surface area contributed by atoms with Gasteiger partial charge in [-0.25, -0.2) is 0 Å². The first kappa shape index (κ1) is 15.8. The van der Waals surface area contributed by atoms with Gasteiger partial charge in [0.15, 0.2) is 5.84 Å². The summed E-state index contributed by atoms with van der Waals surface area (Å²) in [5, 5.41) is 12.0. The predicted octanol–water partition coefficient (Wildman–Crippen LogP) is 2.40. The third-order valence-electron chi connectivity index (χ3n) is 2.81. The first-order valence-electron chi connectivity index (χ1n) is 6.04. The summed E-state index contributed by atoms with van der Waals surface area (Å²) in [5.74, 6) is 0.102. The maximum atomic E-state index is 8.89. The number of nitrogens with two attached hydrogens (primary N) is 1. The third kappa shape index (κ3) is 4.11. The molecule has 0 radical (unpaired) electrons. The summed E-state index contributed by atoms with van der Waals surface area (Å²) in [6, 6.07) is 5.93. The number of halogens is 1. The second-order valence-corrected chi connectivity index (χ2v) is 5.34. The Balaban J connectivity index is 3.23. The molecule has 0 unspecified atom stereocenters. The van der Waals surface area contributed by atoms with Crippen molar-refractivity contribution in [2.45, 2.75) is 19.9 Å². The number of amidine groups is 1. The summed E-state index contributed by atoms with van der Waals surface area (Å²) in [4.78, 5) is 2.15. The van der Waals surface area contributed by atoms with Gasteiger partial charge in [0, 0.05) is 35.4 Å². The standard InChI is InChI=1S/C13H20BrN3O2/c1-9(2)17(6-7-19-3)12-8-10(14)4-5-11(12)13(15)16-18/h4-5,8-9,18H,6-7H2,1-3H3,(H2,15,16). The fraction of sp³-hybridized carbons (Fsp3) is 0.462. The van der Waals surface area contributed by atoms with E-state index in [2.05, 4.69) is 39.8 Å². The molecule has 0 saturated carbocycles. The minimum absolute atomic E-state index is 0.102. The summed E-state index contributed by atoms with van der Waals surface area (Å²) >= 11 is 3.45. The number of methoxy groups -OCH3 is 1. The van der Waals surface area contributed by atoms with Gasteiger partial charge in [0.05, 0.1) is 6.61 Å². The zero-order valence-corrected chi connectivity index (χ0v) is 13.0. The van der Waals surface area contributed by atoms with Gasteiger partial charge in [-0.15, -0.1) is 0 Å². The minimum atomic E-state index is 0.102. The van der Waals surface area contributed by atoms with E-state index in [0.29, 0.717) is 12.2 Å². The van der Waals surface area contributed by atoms with Crippen molar-refractivity contribution in [1.82, 2.24) is 0 Å². The largest absolute Gasteiger partial charge is 0.409 e. The quantitative estimate of drug-likeness (QED) is 0.364. The number of hydrogen-bond donors (Lipinski definition) is 2. The lowest BCUT2D eigenvalue weighted by Crippen LogP contribution is -2.35. The number of nitrogens with zero attached hydrogens (tertiary/aromatic N) is 2. The maximum Gasteiger partial charge on any atom is 0.172 e. The van der Waals surface area contributed by atoms with E-state index < -0.39 is 0 Å². The van der Waals surface area contributed by atoms with Crippen LogP contribution in [0, 0.1) is 0 Å². The van der Waals surface area contributed by atoms with Gasteiger partial charge in [-0.05, 0) is 32.0 Å². The highest BCUT2D eigenvalue weighted by Crippen LogP contribution is 2.26. The molecule has 1 aromatic rings. The van der Waals surface area contributed by atoms with Crippen LogP contribution in [0.5, 0.6) is 0 Å². The van der Waals surface area contributed by atoms with Crippen LogP contribution in [0.4, 0.5) is 5.69 Å². The second-order valence-electron chi connectivity index (χ2n) is 4.43. The zero-order valence-electron chi connectivity index (χ0n) is 11.4.